The Balaban J connectivity index is 1.66. The molecule has 0 bridgehead atoms. The number of hydrogen-bond acceptors (Lipinski definition) is 6. The smallest absolute Gasteiger partial charge is 0.415 e. The third kappa shape index (κ3) is 4.55. The number of carbonyl (C=O) groups is 1. The molecule has 0 saturated heterocycles. The lowest BCUT2D eigenvalue weighted by atomic mass is 10.0. The Hall–Kier alpha value is -3.51. The van der Waals surface area contributed by atoms with Crippen molar-refractivity contribution in [2.45, 2.75) is 37.9 Å². The van der Waals surface area contributed by atoms with Crippen LogP contribution in [0.5, 0.6) is 0 Å². The molecule has 3 aromatic rings. The number of aromatic nitrogens is 4. The van der Waals surface area contributed by atoms with E-state index in [1.165, 1.54) is 12.1 Å². The van der Waals surface area contributed by atoms with Crippen LogP contribution in [0.25, 0.3) is 11.5 Å². The van der Waals surface area contributed by atoms with Crippen LogP contribution in [-0.4, -0.2) is 32.2 Å². The van der Waals surface area contributed by atoms with Gasteiger partial charge in [-0.05, 0) is 42.0 Å². The second-order valence-corrected chi connectivity index (χ2v) is 7.02. The van der Waals surface area contributed by atoms with E-state index in [1.807, 2.05) is 0 Å². The topological polar surface area (TPSA) is 85.0 Å². The molecule has 0 unspecified atom stereocenters. The Kier molecular flexibility index (Phi) is 5.57. The molecule has 2 aromatic heterocycles. The molecular formula is C19H13F6N5O2. The second kappa shape index (κ2) is 8.20. The fraction of sp³-hybridized carbons (Fsp3) is 0.316. The van der Waals surface area contributed by atoms with Crippen molar-refractivity contribution >= 4 is 11.9 Å². The SMILES string of the molecule is O=C(N(Cc1ccc(F)cc1C1CC1)c1ncc(-c2nnc(C(F)F)o2)cn1)C(F)(F)F. The summed E-state index contributed by atoms with van der Waals surface area (Å²) in [6, 6.07) is 3.65. The van der Waals surface area contributed by atoms with Crippen LogP contribution >= 0.6 is 0 Å². The Morgan fingerprint density at radius 3 is 2.41 bits per heavy atom. The van der Waals surface area contributed by atoms with Crippen molar-refractivity contribution in [3.05, 3.63) is 53.4 Å². The number of carbonyl (C=O) groups excluding carboxylic acids is 1. The lowest BCUT2D eigenvalue weighted by molar-refractivity contribution is -0.170. The summed E-state index contributed by atoms with van der Waals surface area (Å²) in [7, 11) is 0. The number of rotatable bonds is 6. The van der Waals surface area contributed by atoms with E-state index in [9.17, 15) is 31.1 Å². The van der Waals surface area contributed by atoms with E-state index in [2.05, 4.69) is 20.2 Å². The standard InChI is InChI=1S/C19H13F6N5O2/c20-12-4-3-10(13(5-12)9-1-2-9)8-30(17(31)19(23,24)25)18-26-6-11(7-27-18)15-28-29-16(32-15)14(21)22/h3-7,9,14H,1-2,8H2. The van der Waals surface area contributed by atoms with Crippen LogP contribution in [0, 0.1) is 5.82 Å². The summed E-state index contributed by atoms with van der Waals surface area (Å²) in [5.74, 6) is -4.64. The van der Waals surface area contributed by atoms with Crippen LogP contribution in [0.15, 0.2) is 35.0 Å². The van der Waals surface area contributed by atoms with Crippen LogP contribution < -0.4 is 4.90 Å². The van der Waals surface area contributed by atoms with Gasteiger partial charge in [0.25, 0.3) is 11.8 Å². The van der Waals surface area contributed by atoms with Crippen molar-refractivity contribution in [3.8, 4) is 11.5 Å². The molecule has 7 nitrogen and oxygen atoms in total. The number of alkyl halides is 5. The largest absolute Gasteiger partial charge is 0.471 e. The molecule has 0 atom stereocenters. The molecule has 1 aliphatic rings. The van der Waals surface area contributed by atoms with Gasteiger partial charge in [0.2, 0.25) is 5.95 Å². The molecule has 32 heavy (non-hydrogen) atoms. The average Bonchev–Trinajstić information content (AvgIpc) is 3.47. The molecule has 13 heteroatoms. The van der Waals surface area contributed by atoms with Gasteiger partial charge in [-0.2, -0.15) is 22.0 Å². The third-order valence-electron chi connectivity index (χ3n) is 4.70. The van der Waals surface area contributed by atoms with Crippen LogP contribution in [-0.2, 0) is 11.3 Å². The molecule has 0 radical (unpaired) electrons. The second-order valence-electron chi connectivity index (χ2n) is 7.02. The maximum atomic E-state index is 13.6. The number of halogens is 6. The summed E-state index contributed by atoms with van der Waals surface area (Å²) < 4.78 is 83.3. The normalized spacial score (nSPS) is 14.1. The first-order chi connectivity index (χ1) is 15.1. The molecule has 4 rings (SSSR count). The molecule has 0 aliphatic heterocycles. The Morgan fingerprint density at radius 1 is 1.16 bits per heavy atom. The molecule has 1 saturated carbocycles. The molecule has 1 aromatic carbocycles. The minimum Gasteiger partial charge on any atom is -0.415 e. The predicted octanol–water partition coefficient (Wildman–Crippen LogP) is 4.58. The fourth-order valence-electron chi connectivity index (χ4n) is 3.05. The predicted molar refractivity (Wildman–Crippen MR) is 95.9 cm³/mol. The van der Waals surface area contributed by atoms with Crippen LogP contribution in [0.4, 0.5) is 32.3 Å². The van der Waals surface area contributed by atoms with Crippen LogP contribution in [0.1, 0.15) is 42.2 Å². The van der Waals surface area contributed by atoms with Crippen molar-refractivity contribution in [3.63, 3.8) is 0 Å². The van der Waals surface area contributed by atoms with E-state index >= 15 is 0 Å². The summed E-state index contributed by atoms with van der Waals surface area (Å²) in [4.78, 5) is 19.9. The molecule has 1 fully saturated rings. The Labute approximate surface area is 176 Å². The number of amides is 1. The first-order valence-electron chi connectivity index (χ1n) is 9.24. The first-order valence-corrected chi connectivity index (χ1v) is 9.24. The molecule has 1 aliphatic carbocycles. The van der Waals surface area contributed by atoms with Crippen molar-refractivity contribution in [1.29, 1.82) is 0 Å². The van der Waals surface area contributed by atoms with E-state index in [-0.39, 0.29) is 17.4 Å². The van der Waals surface area contributed by atoms with Crippen LogP contribution in [0.2, 0.25) is 0 Å². The highest BCUT2D eigenvalue weighted by molar-refractivity contribution is 5.95. The third-order valence-corrected chi connectivity index (χ3v) is 4.70. The van der Waals surface area contributed by atoms with Gasteiger partial charge in [0.05, 0.1) is 12.1 Å². The minimum atomic E-state index is -5.22. The molecule has 0 N–H and O–H groups in total. The summed E-state index contributed by atoms with van der Waals surface area (Å²) in [5, 5.41) is 6.54. The zero-order valence-electron chi connectivity index (χ0n) is 16.0. The van der Waals surface area contributed by atoms with E-state index in [4.69, 9.17) is 4.42 Å². The highest BCUT2D eigenvalue weighted by Gasteiger charge is 2.44. The minimum absolute atomic E-state index is 0.00777. The zero-order chi connectivity index (χ0) is 23.0. The number of benzene rings is 1. The molecular weight excluding hydrogens is 444 g/mol. The van der Waals surface area contributed by atoms with Gasteiger partial charge in [-0.1, -0.05) is 6.07 Å². The van der Waals surface area contributed by atoms with Gasteiger partial charge in [0.1, 0.15) is 5.82 Å². The zero-order valence-corrected chi connectivity index (χ0v) is 16.0. The number of nitrogens with zero attached hydrogens (tertiary/aromatic N) is 5. The van der Waals surface area contributed by atoms with Crippen molar-refractivity contribution in [2.75, 3.05) is 4.90 Å². The van der Waals surface area contributed by atoms with E-state index in [1.54, 1.807) is 0 Å². The highest BCUT2D eigenvalue weighted by atomic mass is 19.4. The Bertz CT molecular complexity index is 1130. The summed E-state index contributed by atoms with van der Waals surface area (Å²) in [5.41, 5.74) is 0.817. The van der Waals surface area contributed by atoms with Crippen molar-refractivity contribution < 1.29 is 35.6 Å². The fourth-order valence-corrected chi connectivity index (χ4v) is 3.05. The van der Waals surface area contributed by atoms with E-state index < -0.39 is 42.7 Å². The number of anilines is 1. The lowest BCUT2D eigenvalue weighted by Gasteiger charge is -2.23. The van der Waals surface area contributed by atoms with Gasteiger partial charge in [0, 0.05) is 12.4 Å². The molecule has 1 amide bonds. The molecule has 0 spiro atoms. The van der Waals surface area contributed by atoms with E-state index in [0.717, 1.165) is 31.3 Å². The van der Waals surface area contributed by atoms with E-state index in [0.29, 0.717) is 16.0 Å². The maximum Gasteiger partial charge on any atom is 0.471 e. The Morgan fingerprint density at radius 2 is 1.84 bits per heavy atom. The van der Waals surface area contributed by atoms with Crippen molar-refractivity contribution in [2.24, 2.45) is 0 Å². The molecule has 168 valence electrons. The van der Waals surface area contributed by atoms with Gasteiger partial charge in [0.15, 0.2) is 0 Å². The quantitative estimate of drug-likeness (QED) is 0.504. The average molecular weight is 457 g/mol. The monoisotopic (exact) mass is 457 g/mol. The van der Waals surface area contributed by atoms with Gasteiger partial charge in [-0.3, -0.25) is 9.69 Å². The van der Waals surface area contributed by atoms with Gasteiger partial charge in [-0.15, -0.1) is 10.2 Å². The molecule has 2 heterocycles. The van der Waals surface area contributed by atoms with Crippen LogP contribution in [0.3, 0.4) is 0 Å². The lowest BCUT2D eigenvalue weighted by Crippen LogP contribution is -2.42. The number of hydrogen-bond donors (Lipinski definition) is 0. The summed E-state index contributed by atoms with van der Waals surface area (Å²) in [6.45, 7) is -0.542. The van der Waals surface area contributed by atoms with Gasteiger partial charge in [-0.25, -0.2) is 14.4 Å². The first kappa shape index (κ1) is 21.7. The summed E-state index contributed by atoms with van der Waals surface area (Å²) in [6.07, 6.45) is -4.77. The van der Waals surface area contributed by atoms with Crippen molar-refractivity contribution in [1.82, 2.24) is 20.2 Å². The maximum absolute atomic E-state index is 13.6. The van der Waals surface area contributed by atoms with Gasteiger partial charge >= 0.3 is 18.5 Å². The van der Waals surface area contributed by atoms with Gasteiger partial charge < -0.3 is 4.42 Å². The highest BCUT2D eigenvalue weighted by Crippen LogP contribution is 2.42. The summed E-state index contributed by atoms with van der Waals surface area (Å²) >= 11 is 0.